The van der Waals surface area contributed by atoms with Crippen molar-refractivity contribution in [3.63, 3.8) is 0 Å². The highest BCUT2D eigenvalue weighted by molar-refractivity contribution is 5.91. The van der Waals surface area contributed by atoms with Crippen LogP contribution in [-0.2, 0) is 11.2 Å². The van der Waals surface area contributed by atoms with E-state index in [1.807, 2.05) is 48.5 Å². The molecule has 0 radical (unpaired) electrons. The first-order valence-electron chi connectivity index (χ1n) is 17.2. The zero-order valence-electron chi connectivity index (χ0n) is 27.3. The van der Waals surface area contributed by atoms with E-state index in [-0.39, 0.29) is 12.1 Å². The predicted molar refractivity (Wildman–Crippen MR) is 182 cm³/mol. The van der Waals surface area contributed by atoms with E-state index in [9.17, 15) is 4.79 Å². The number of hydrogen-bond acceptors (Lipinski definition) is 3. The van der Waals surface area contributed by atoms with E-state index in [0.29, 0.717) is 11.3 Å². The topological polar surface area (TPSA) is 35.5 Å². The van der Waals surface area contributed by atoms with Gasteiger partial charge in [-0.1, -0.05) is 152 Å². The Morgan fingerprint density at radius 3 is 1.58 bits per heavy atom. The number of rotatable bonds is 22. The van der Waals surface area contributed by atoms with Crippen molar-refractivity contribution in [3.8, 4) is 16.9 Å². The first-order chi connectivity index (χ1) is 21.1. The lowest BCUT2D eigenvalue weighted by Gasteiger charge is -2.14. The summed E-state index contributed by atoms with van der Waals surface area (Å²) in [5.74, 6) is 0.236. The molecule has 0 saturated heterocycles. The second-order valence-corrected chi connectivity index (χ2v) is 12.1. The van der Waals surface area contributed by atoms with Gasteiger partial charge >= 0.3 is 5.97 Å². The number of carbonyl (C=O) groups excluding carboxylic acids is 1. The van der Waals surface area contributed by atoms with Gasteiger partial charge in [-0.2, -0.15) is 0 Å². The van der Waals surface area contributed by atoms with Crippen molar-refractivity contribution < 1.29 is 14.3 Å². The number of carbonyl (C=O) groups is 1. The summed E-state index contributed by atoms with van der Waals surface area (Å²) >= 11 is 0. The molecule has 3 aromatic carbocycles. The van der Waals surface area contributed by atoms with Gasteiger partial charge in [0.05, 0.1) is 11.7 Å². The molecule has 1 unspecified atom stereocenters. The monoisotopic (exact) mass is 584 g/mol. The molecule has 0 spiro atoms. The largest absolute Gasteiger partial charge is 0.423 e. The van der Waals surface area contributed by atoms with Crippen molar-refractivity contribution in [3.05, 3.63) is 89.5 Å². The maximum atomic E-state index is 12.6. The van der Waals surface area contributed by atoms with Gasteiger partial charge in [0, 0.05) is 6.61 Å². The predicted octanol–water partition coefficient (Wildman–Crippen LogP) is 12.1. The van der Waals surface area contributed by atoms with Crippen LogP contribution in [0.2, 0.25) is 0 Å². The zero-order chi connectivity index (χ0) is 30.5. The van der Waals surface area contributed by atoms with Crippen molar-refractivity contribution in [1.29, 1.82) is 0 Å². The summed E-state index contributed by atoms with van der Waals surface area (Å²) < 4.78 is 11.7. The molecule has 0 aliphatic carbocycles. The fourth-order valence-electron chi connectivity index (χ4n) is 5.58. The molecule has 0 bridgehead atoms. The number of benzene rings is 3. The van der Waals surface area contributed by atoms with Gasteiger partial charge in [0.15, 0.2) is 0 Å². The van der Waals surface area contributed by atoms with Crippen LogP contribution >= 0.6 is 0 Å². The molecule has 0 saturated carbocycles. The molecule has 0 heterocycles. The summed E-state index contributed by atoms with van der Waals surface area (Å²) in [6, 6.07) is 23.9. The molecule has 0 N–H and O–H groups in total. The van der Waals surface area contributed by atoms with Crippen LogP contribution < -0.4 is 4.74 Å². The molecule has 0 fully saturated rings. The minimum atomic E-state index is -0.338. The SMILES string of the molecule is CCCCCCCCCCCCCCCCOC(C)c1ccc(-c2ccc(C(=O)Oc3ccc(CCC)cc3)cc2)cc1. The Kier molecular flexibility index (Phi) is 16.8. The lowest BCUT2D eigenvalue weighted by Crippen LogP contribution is -2.08. The average Bonchev–Trinajstić information content (AvgIpc) is 3.04. The highest BCUT2D eigenvalue weighted by Gasteiger charge is 2.10. The van der Waals surface area contributed by atoms with Gasteiger partial charge in [0.25, 0.3) is 0 Å². The van der Waals surface area contributed by atoms with Gasteiger partial charge in [-0.15, -0.1) is 0 Å². The Morgan fingerprint density at radius 2 is 1.07 bits per heavy atom. The van der Waals surface area contributed by atoms with Gasteiger partial charge in [0.1, 0.15) is 5.75 Å². The first kappa shape index (κ1) is 34.6. The Morgan fingerprint density at radius 1 is 0.581 bits per heavy atom. The molecule has 0 aliphatic heterocycles. The minimum absolute atomic E-state index is 0.0872. The van der Waals surface area contributed by atoms with E-state index in [1.54, 1.807) is 0 Å². The normalized spacial score (nSPS) is 11.9. The third-order valence-corrected chi connectivity index (χ3v) is 8.37. The lowest BCUT2D eigenvalue weighted by molar-refractivity contribution is 0.0627. The van der Waals surface area contributed by atoms with Crippen LogP contribution in [0.3, 0.4) is 0 Å². The van der Waals surface area contributed by atoms with Crippen LogP contribution in [0.4, 0.5) is 0 Å². The summed E-state index contributed by atoms with van der Waals surface area (Å²) in [5, 5.41) is 0. The van der Waals surface area contributed by atoms with E-state index in [1.165, 1.54) is 94.6 Å². The molecule has 0 aliphatic rings. The highest BCUT2D eigenvalue weighted by Crippen LogP contribution is 2.25. The van der Waals surface area contributed by atoms with Crippen LogP contribution in [0.5, 0.6) is 5.75 Å². The Hall–Kier alpha value is -2.91. The van der Waals surface area contributed by atoms with Crippen LogP contribution in [0.25, 0.3) is 11.1 Å². The van der Waals surface area contributed by atoms with Crippen molar-refractivity contribution in [2.24, 2.45) is 0 Å². The second kappa shape index (κ2) is 20.9. The average molecular weight is 585 g/mol. The number of hydrogen-bond donors (Lipinski definition) is 0. The van der Waals surface area contributed by atoms with Crippen molar-refractivity contribution in [2.45, 2.75) is 130 Å². The Labute approximate surface area is 262 Å². The highest BCUT2D eigenvalue weighted by atomic mass is 16.5. The molecule has 3 heteroatoms. The minimum Gasteiger partial charge on any atom is -0.423 e. The van der Waals surface area contributed by atoms with Crippen molar-refractivity contribution in [1.82, 2.24) is 0 Å². The van der Waals surface area contributed by atoms with Gasteiger partial charge in [-0.3, -0.25) is 0 Å². The van der Waals surface area contributed by atoms with Crippen molar-refractivity contribution in [2.75, 3.05) is 6.61 Å². The Bertz CT molecular complexity index is 1130. The van der Waals surface area contributed by atoms with E-state index in [2.05, 4.69) is 45.0 Å². The zero-order valence-corrected chi connectivity index (χ0v) is 27.3. The molecule has 0 aromatic heterocycles. The smallest absolute Gasteiger partial charge is 0.343 e. The van der Waals surface area contributed by atoms with Crippen LogP contribution in [0.1, 0.15) is 145 Å². The Balaban J connectivity index is 1.28. The van der Waals surface area contributed by atoms with Crippen molar-refractivity contribution >= 4 is 5.97 Å². The van der Waals surface area contributed by atoms with E-state index in [4.69, 9.17) is 9.47 Å². The summed E-state index contributed by atoms with van der Waals surface area (Å²) in [6.45, 7) is 7.40. The van der Waals surface area contributed by atoms with E-state index >= 15 is 0 Å². The summed E-state index contributed by atoms with van der Waals surface area (Å²) in [6.07, 6.45) is 21.4. The number of ether oxygens (including phenoxy) is 2. The summed E-state index contributed by atoms with van der Waals surface area (Å²) in [7, 11) is 0. The third-order valence-electron chi connectivity index (χ3n) is 8.37. The lowest BCUT2D eigenvalue weighted by atomic mass is 10.0. The standard InChI is InChI=1S/C40H56O3/c1-4-6-7-8-9-10-11-12-13-14-15-16-17-18-32-42-33(3)35-22-24-36(25-23-35)37-26-28-38(29-27-37)40(41)43-39-30-20-34(19-5-2)21-31-39/h20-31,33H,4-19,32H2,1-3H3. The molecule has 3 nitrogen and oxygen atoms in total. The number of esters is 1. The molecule has 0 amide bonds. The molecule has 1 atom stereocenters. The van der Waals surface area contributed by atoms with Gasteiger partial charge in [0.2, 0.25) is 0 Å². The summed E-state index contributed by atoms with van der Waals surface area (Å²) in [5.41, 5.74) is 5.18. The van der Waals surface area contributed by atoms with Crippen LogP contribution in [0.15, 0.2) is 72.8 Å². The fourth-order valence-corrected chi connectivity index (χ4v) is 5.58. The summed E-state index contributed by atoms with van der Waals surface area (Å²) in [4.78, 5) is 12.6. The molecular weight excluding hydrogens is 528 g/mol. The molecular formula is C40H56O3. The van der Waals surface area contributed by atoms with E-state index in [0.717, 1.165) is 37.0 Å². The maximum absolute atomic E-state index is 12.6. The second-order valence-electron chi connectivity index (χ2n) is 12.1. The molecule has 3 rings (SSSR count). The number of aryl methyl sites for hydroxylation is 1. The number of unbranched alkanes of at least 4 members (excludes halogenated alkanes) is 13. The molecule has 43 heavy (non-hydrogen) atoms. The van der Waals surface area contributed by atoms with E-state index < -0.39 is 0 Å². The van der Waals surface area contributed by atoms with Crippen LogP contribution in [0, 0.1) is 0 Å². The fraction of sp³-hybridized carbons (Fsp3) is 0.525. The quantitative estimate of drug-likeness (QED) is 0.0669. The molecule has 234 valence electrons. The molecule has 3 aromatic rings. The third kappa shape index (κ3) is 13.5. The first-order valence-corrected chi connectivity index (χ1v) is 17.2. The van der Waals surface area contributed by atoms with Gasteiger partial charge in [-0.25, -0.2) is 4.79 Å². The maximum Gasteiger partial charge on any atom is 0.343 e. The van der Waals surface area contributed by atoms with Gasteiger partial charge < -0.3 is 9.47 Å². The van der Waals surface area contributed by atoms with Crippen LogP contribution in [-0.4, -0.2) is 12.6 Å². The van der Waals surface area contributed by atoms with Gasteiger partial charge in [-0.05, 0) is 66.3 Å².